The number of carbonyl (C=O) groups excluding carboxylic acids is 1. The number of fused-ring (bicyclic) bond motifs is 3. The summed E-state index contributed by atoms with van der Waals surface area (Å²) < 4.78 is 17.4. The van der Waals surface area contributed by atoms with Crippen molar-refractivity contribution >= 4 is 35.1 Å². The first-order valence-electron chi connectivity index (χ1n) is 11.6. The van der Waals surface area contributed by atoms with Gasteiger partial charge in [-0.3, -0.25) is 4.79 Å². The predicted molar refractivity (Wildman–Crippen MR) is 136 cm³/mol. The van der Waals surface area contributed by atoms with Crippen molar-refractivity contribution in [3.8, 4) is 17.2 Å². The molecule has 7 N–H and O–H groups in total. The predicted octanol–water partition coefficient (Wildman–Crippen LogP) is 1.17. The highest BCUT2D eigenvalue weighted by molar-refractivity contribution is 6.31. The van der Waals surface area contributed by atoms with Crippen molar-refractivity contribution in [2.24, 2.45) is 16.6 Å². The third-order valence-corrected chi connectivity index (χ3v) is 7.28. The molecule has 194 valence electrons. The number of piperidine rings is 3. The molecule has 12 nitrogen and oxygen atoms in total. The Morgan fingerprint density at radius 2 is 1.75 bits per heavy atom. The van der Waals surface area contributed by atoms with Crippen LogP contribution in [0.1, 0.15) is 28.9 Å². The third kappa shape index (κ3) is 5.05. The van der Waals surface area contributed by atoms with Gasteiger partial charge in [0, 0.05) is 18.4 Å². The third-order valence-electron chi connectivity index (χ3n) is 7.01. The number of aliphatic imine (C=N–C) groups is 1. The number of aromatic nitrogens is 2. The molecule has 5 rings (SSSR count). The maximum Gasteiger partial charge on any atom is 0.302 e. The summed E-state index contributed by atoms with van der Waals surface area (Å²) in [7, 11) is 4.81. The second-order valence-electron chi connectivity index (χ2n) is 9.19. The number of guanidine groups is 1. The average Bonchev–Trinajstić information content (AvgIpc) is 2.85. The Morgan fingerprint density at radius 3 is 2.33 bits per heavy atom. The molecule has 1 amide bonds. The number of methoxy groups -OCH3 is 3. The number of ether oxygens (including phenoxy) is 3. The molecule has 36 heavy (non-hydrogen) atoms. The number of carbonyl (C=O) groups is 1. The van der Waals surface area contributed by atoms with Gasteiger partial charge in [0.2, 0.25) is 5.75 Å². The van der Waals surface area contributed by atoms with E-state index in [1.807, 2.05) is 12.1 Å². The van der Waals surface area contributed by atoms with Crippen molar-refractivity contribution in [2.45, 2.75) is 25.4 Å². The van der Waals surface area contributed by atoms with E-state index < -0.39 is 5.91 Å². The zero-order valence-electron chi connectivity index (χ0n) is 20.6. The minimum absolute atomic E-state index is 0.00108. The quantitative estimate of drug-likeness (QED) is 0.236. The highest BCUT2D eigenvalue weighted by atomic mass is 35.5. The normalized spacial score (nSPS) is 23.3. The lowest BCUT2D eigenvalue weighted by molar-refractivity contribution is -0.956. The second kappa shape index (κ2) is 10.2. The van der Waals surface area contributed by atoms with Crippen LogP contribution in [0.2, 0.25) is 5.15 Å². The van der Waals surface area contributed by atoms with Gasteiger partial charge in [-0.2, -0.15) is 4.99 Å². The number of benzene rings is 1. The van der Waals surface area contributed by atoms with Gasteiger partial charge in [-0.1, -0.05) is 11.6 Å². The van der Waals surface area contributed by atoms with Gasteiger partial charge in [0.1, 0.15) is 6.54 Å². The Balaban J connectivity index is 1.50. The van der Waals surface area contributed by atoms with Gasteiger partial charge in [0.15, 0.2) is 39.9 Å². The Labute approximate surface area is 214 Å². The van der Waals surface area contributed by atoms with Crippen LogP contribution in [-0.2, 0) is 6.54 Å². The minimum atomic E-state index is -0.741. The largest absolute Gasteiger partial charge is 0.493 e. The maximum absolute atomic E-state index is 12.6. The lowest BCUT2D eigenvalue weighted by Gasteiger charge is -2.52. The molecule has 1 atom stereocenters. The Morgan fingerprint density at radius 1 is 1.11 bits per heavy atom. The summed E-state index contributed by atoms with van der Waals surface area (Å²) in [5, 5.41) is 3.13. The fourth-order valence-corrected chi connectivity index (χ4v) is 5.40. The smallest absolute Gasteiger partial charge is 0.302 e. The van der Waals surface area contributed by atoms with Crippen LogP contribution in [-0.4, -0.2) is 73.3 Å². The SMILES string of the molecule is COc1cc(C[N+]23CCC(CC2)C(N/C(N)=N/C(=O)c2nc(Cl)c(N)nc2N)C3)cc(OC)c1OC. The number of rotatable bonds is 7. The number of nitrogen functional groups attached to an aromatic ring is 2. The van der Waals surface area contributed by atoms with E-state index in [0.29, 0.717) is 23.2 Å². The molecular weight excluding hydrogens is 488 g/mol. The molecule has 3 fully saturated rings. The van der Waals surface area contributed by atoms with E-state index in [2.05, 4.69) is 20.3 Å². The number of amides is 1. The lowest BCUT2D eigenvalue weighted by Crippen LogP contribution is -2.67. The van der Waals surface area contributed by atoms with E-state index >= 15 is 0 Å². The number of quaternary nitrogens is 1. The molecule has 2 aromatic rings. The summed E-state index contributed by atoms with van der Waals surface area (Å²) in [4.78, 5) is 24.2. The van der Waals surface area contributed by atoms with Crippen molar-refractivity contribution in [3.05, 3.63) is 28.5 Å². The summed E-state index contributed by atoms with van der Waals surface area (Å²) in [6.45, 7) is 3.73. The van der Waals surface area contributed by atoms with Gasteiger partial charge in [-0.05, 0) is 18.1 Å². The molecule has 0 spiro atoms. The summed E-state index contributed by atoms with van der Waals surface area (Å²) in [6.07, 6.45) is 2.07. The van der Waals surface area contributed by atoms with E-state index in [1.54, 1.807) is 21.3 Å². The van der Waals surface area contributed by atoms with E-state index in [0.717, 1.165) is 49.1 Å². The van der Waals surface area contributed by atoms with Gasteiger partial charge in [0.05, 0.1) is 47.0 Å². The summed E-state index contributed by atoms with van der Waals surface area (Å²) in [5.74, 6) is 1.31. The summed E-state index contributed by atoms with van der Waals surface area (Å²) in [5.41, 5.74) is 18.3. The number of halogens is 1. The topological polar surface area (TPSA) is 173 Å². The van der Waals surface area contributed by atoms with Crippen molar-refractivity contribution in [2.75, 3.05) is 52.4 Å². The van der Waals surface area contributed by atoms with Gasteiger partial charge < -0.3 is 41.2 Å². The molecule has 3 aliphatic rings. The molecule has 0 aliphatic carbocycles. The van der Waals surface area contributed by atoms with Crippen LogP contribution in [0.4, 0.5) is 11.6 Å². The maximum atomic E-state index is 12.6. The monoisotopic (exact) mass is 519 g/mol. The van der Waals surface area contributed by atoms with Gasteiger partial charge in [-0.25, -0.2) is 9.97 Å². The van der Waals surface area contributed by atoms with Crippen molar-refractivity contribution in [3.63, 3.8) is 0 Å². The van der Waals surface area contributed by atoms with Gasteiger partial charge in [-0.15, -0.1) is 0 Å². The first kappa shape index (κ1) is 25.6. The fourth-order valence-electron chi connectivity index (χ4n) is 5.27. The first-order valence-corrected chi connectivity index (χ1v) is 11.9. The number of hydrogen-bond donors (Lipinski definition) is 4. The van der Waals surface area contributed by atoms with Crippen LogP contribution in [0.25, 0.3) is 0 Å². The lowest BCUT2D eigenvalue weighted by atomic mass is 9.81. The standard InChI is InChI=1S/C23H31ClN8O4/c1-34-15-8-12(9-16(35-2)18(15)36-3)10-32-6-4-13(5-7-32)14(11-32)28-23(27)31-22(33)17-20(25)30-21(26)19(24)29-17/h8-9,13-14H,4-7,10-11H2,1-3H3,(H6-,25,26,27,28,30,31,33)/p+1. The van der Waals surface area contributed by atoms with E-state index in [1.165, 1.54) is 0 Å². The Kier molecular flexibility index (Phi) is 7.27. The van der Waals surface area contributed by atoms with Crippen LogP contribution in [0, 0.1) is 5.92 Å². The molecule has 1 aromatic carbocycles. The van der Waals surface area contributed by atoms with E-state index in [4.69, 9.17) is 43.0 Å². The van der Waals surface area contributed by atoms with Crippen molar-refractivity contribution in [1.82, 2.24) is 15.3 Å². The van der Waals surface area contributed by atoms with E-state index in [9.17, 15) is 4.79 Å². The molecule has 3 saturated heterocycles. The van der Waals surface area contributed by atoms with E-state index in [-0.39, 0.29) is 34.5 Å². The molecule has 1 unspecified atom stereocenters. The number of nitrogens with zero attached hydrogens (tertiary/aromatic N) is 4. The molecule has 2 bridgehead atoms. The van der Waals surface area contributed by atoms with Crippen molar-refractivity contribution in [1.29, 1.82) is 0 Å². The molecule has 3 aliphatic heterocycles. The van der Waals surface area contributed by atoms with Crippen LogP contribution >= 0.6 is 11.6 Å². The summed E-state index contributed by atoms with van der Waals surface area (Å²) in [6, 6.07) is 4.05. The average molecular weight is 520 g/mol. The Hall–Kier alpha value is -3.51. The van der Waals surface area contributed by atoms with Gasteiger partial charge >= 0.3 is 5.91 Å². The van der Waals surface area contributed by atoms with Crippen LogP contribution < -0.4 is 36.7 Å². The molecule has 0 radical (unpaired) electrons. The molecule has 1 aromatic heterocycles. The zero-order chi connectivity index (χ0) is 26.0. The van der Waals surface area contributed by atoms with Crippen LogP contribution in [0.15, 0.2) is 17.1 Å². The number of nitrogens with one attached hydrogen (secondary N) is 1. The highest BCUT2D eigenvalue weighted by Gasteiger charge is 2.46. The van der Waals surface area contributed by atoms with Gasteiger partial charge in [0.25, 0.3) is 0 Å². The number of nitrogens with two attached hydrogens (primary N) is 3. The zero-order valence-corrected chi connectivity index (χ0v) is 21.3. The molecule has 4 heterocycles. The first-order chi connectivity index (χ1) is 17.2. The van der Waals surface area contributed by atoms with Crippen LogP contribution in [0.3, 0.4) is 0 Å². The Bertz CT molecular complexity index is 1160. The molecule has 0 saturated carbocycles. The second-order valence-corrected chi connectivity index (χ2v) is 9.55. The van der Waals surface area contributed by atoms with Crippen LogP contribution in [0.5, 0.6) is 17.2 Å². The highest BCUT2D eigenvalue weighted by Crippen LogP contribution is 2.41. The number of anilines is 2. The fraction of sp³-hybridized carbons (Fsp3) is 0.478. The molecular formula is C23H32ClN8O4+. The van der Waals surface area contributed by atoms with Crippen molar-refractivity contribution < 1.29 is 23.5 Å². The number of hydrogen-bond acceptors (Lipinski definition) is 8. The minimum Gasteiger partial charge on any atom is -0.493 e. The summed E-state index contributed by atoms with van der Waals surface area (Å²) >= 11 is 5.88. The molecule has 13 heteroatoms.